The van der Waals surface area contributed by atoms with Crippen molar-refractivity contribution in [1.29, 1.82) is 0 Å². The molecular formula is C10H12N2O3S. The van der Waals surface area contributed by atoms with Crippen LogP contribution < -0.4 is 5.32 Å². The van der Waals surface area contributed by atoms with Gasteiger partial charge in [0.1, 0.15) is 6.04 Å². The van der Waals surface area contributed by atoms with E-state index in [2.05, 4.69) is 16.2 Å². The molecule has 6 heteroatoms. The summed E-state index contributed by atoms with van der Waals surface area (Å²) in [5.74, 6) is 1.89. The highest BCUT2D eigenvalue weighted by Gasteiger charge is 2.12. The van der Waals surface area contributed by atoms with Crippen LogP contribution >= 0.6 is 11.3 Å². The van der Waals surface area contributed by atoms with Crippen molar-refractivity contribution in [2.75, 3.05) is 18.5 Å². The molecule has 5 nitrogen and oxygen atoms in total. The first-order chi connectivity index (χ1) is 7.71. The van der Waals surface area contributed by atoms with Gasteiger partial charge in [-0.1, -0.05) is 5.92 Å². The lowest BCUT2D eigenvalue weighted by atomic mass is 10.3. The van der Waals surface area contributed by atoms with Gasteiger partial charge in [-0.25, -0.2) is 9.78 Å². The lowest BCUT2D eigenvalue weighted by Crippen LogP contribution is -2.21. The third kappa shape index (κ3) is 3.22. The van der Waals surface area contributed by atoms with Gasteiger partial charge in [-0.15, -0.1) is 17.8 Å². The Morgan fingerprint density at radius 3 is 3.19 bits per heavy atom. The van der Waals surface area contributed by atoms with E-state index in [0.717, 1.165) is 0 Å². The Morgan fingerprint density at radius 2 is 2.62 bits per heavy atom. The smallest absolute Gasteiger partial charge is 0.357 e. The van der Waals surface area contributed by atoms with Gasteiger partial charge in [0.15, 0.2) is 10.8 Å². The number of anilines is 1. The second-order valence-corrected chi connectivity index (χ2v) is 3.66. The van der Waals surface area contributed by atoms with E-state index in [1.165, 1.54) is 11.3 Å². The molecule has 0 bridgehead atoms. The third-order valence-electron chi connectivity index (χ3n) is 1.67. The van der Waals surface area contributed by atoms with E-state index in [1.54, 1.807) is 12.3 Å². The lowest BCUT2D eigenvalue weighted by molar-refractivity contribution is 0.0520. The second-order valence-electron chi connectivity index (χ2n) is 2.80. The number of aliphatic hydroxyl groups is 1. The Kier molecular flexibility index (Phi) is 4.76. The number of aliphatic hydroxyl groups excluding tert-OH is 1. The Balaban J connectivity index is 2.65. The van der Waals surface area contributed by atoms with Crippen LogP contribution in [0, 0.1) is 12.3 Å². The van der Waals surface area contributed by atoms with Gasteiger partial charge in [0.25, 0.3) is 0 Å². The number of terminal acetylenes is 1. The molecule has 1 unspecified atom stereocenters. The molecule has 16 heavy (non-hydrogen) atoms. The van der Waals surface area contributed by atoms with Gasteiger partial charge < -0.3 is 15.2 Å². The summed E-state index contributed by atoms with van der Waals surface area (Å²) in [6.45, 7) is 1.84. The van der Waals surface area contributed by atoms with Crippen molar-refractivity contribution in [2.45, 2.75) is 13.0 Å². The van der Waals surface area contributed by atoms with Gasteiger partial charge in [0.2, 0.25) is 0 Å². The maximum absolute atomic E-state index is 11.3. The number of carbonyl (C=O) groups is 1. The number of esters is 1. The van der Waals surface area contributed by atoms with Crippen LogP contribution in [-0.4, -0.2) is 35.3 Å². The molecule has 0 fully saturated rings. The van der Waals surface area contributed by atoms with Crippen LogP contribution in [0.5, 0.6) is 0 Å². The van der Waals surface area contributed by atoms with Gasteiger partial charge in [0.05, 0.1) is 13.2 Å². The largest absolute Gasteiger partial charge is 0.461 e. The van der Waals surface area contributed by atoms with E-state index >= 15 is 0 Å². The Morgan fingerprint density at radius 1 is 1.88 bits per heavy atom. The third-order valence-corrected chi connectivity index (χ3v) is 2.44. The van der Waals surface area contributed by atoms with Crippen LogP contribution in [0.1, 0.15) is 17.4 Å². The fourth-order valence-corrected chi connectivity index (χ4v) is 1.66. The zero-order chi connectivity index (χ0) is 12.0. The number of carbonyl (C=O) groups excluding carboxylic acids is 1. The van der Waals surface area contributed by atoms with Crippen molar-refractivity contribution < 1.29 is 14.6 Å². The SMILES string of the molecule is C#CC(CO)Nc1nc(C(=O)OCC)cs1. The number of aromatic nitrogens is 1. The van der Waals surface area contributed by atoms with E-state index in [4.69, 9.17) is 16.3 Å². The average molecular weight is 240 g/mol. The first-order valence-electron chi connectivity index (χ1n) is 4.67. The molecule has 0 saturated carbocycles. The number of thiazole rings is 1. The summed E-state index contributed by atoms with van der Waals surface area (Å²) >= 11 is 1.23. The molecule has 0 amide bonds. The minimum absolute atomic E-state index is 0.190. The molecule has 0 aliphatic rings. The maximum atomic E-state index is 11.3. The molecule has 0 saturated heterocycles. The van der Waals surface area contributed by atoms with Gasteiger partial charge in [-0.3, -0.25) is 0 Å². The molecule has 1 aromatic heterocycles. The summed E-state index contributed by atoms with van der Waals surface area (Å²) in [5, 5.41) is 13.7. The van der Waals surface area contributed by atoms with Gasteiger partial charge in [-0.2, -0.15) is 0 Å². The number of rotatable bonds is 5. The summed E-state index contributed by atoms with van der Waals surface area (Å²) < 4.78 is 4.79. The first-order valence-corrected chi connectivity index (χ1v) is 5.55. The lowest BCUT2D eigenvalue weighted by Gasteiger charge is -2.07. The number of hydrogen-bond donors (Lipinski definition) is 2. The molecule has 1 heterocycles. The minimum atomic E-state index is -0.499. The average Bonchev–Trinajstić information content (AvgIpc) is 2.74. The van der Waals surface area contributed by atoms with Crippen LogP contribution in [0.3, 0.4) is 0 Å². The van der Waals surface area contributed by atoms with Crippen LogP contribution in [0.2, 0.25) is 0 Å². The van der Waals surface area contributed by atoms with Crippen LogP contribution in [0.4, 0.5) is 5.13 Å². The molecular weight excluding hydrogens is 228 g/mol. The number of nitrogens with one attached hydrogen (secondary N) is 1. The normalized spacial score (nSPS) is 11.6. The van der Waals surface area contributed by atoms with Crippen molar-refractivity contribution in [3.63, 3.8) is 0 Å². The predicted octanol–water partition coefficient (Wildman–Crippen LogP) is 0.726. The standard InChI is InChI=1S/C10H12N2O3S/c1-3-7(5-13)11-10-12-8(6-16-10)9(14)15-4-2/h1,6-7,13H,4-5H2,2H3,(H,11,12). The van der Waals surface area contributed by atoms with E-state index < -0.39 is 12.0 Å². The molecule has 1 rings (SSSR count). The van der Waals surface area contributed by atoms with Crippen molar-refractivity contribution in [3.05, 3.63) is 11.1 Å². The van der Waals surface area contributed by atoms with Crippen LogP contribution in [-0.2, 0) is 4.74 Å². The summed E-state index contributed by atoms with van der Waals surface area (Å²) in [6.07, 6.45) is 5.16. The van der Waals surface area contributed by atoms with Gasteiger partial charge in [0, 0.05) is 5.38 Å². The predicted molar refractivity (Wildman–Crippen MR) is 61.4 cm³/mol. The topological polar surface area (TPSA) is 71.5 Å². The highest BCUT2D eigenvalue weighted by molar-refractivity contribution is 7.13. The van der Waals surface area contributed by atoms with Crippen molar-refractivity contribution >= 4 is 22.4 Å². The van der Waals surface area contributed by atoms with Crippen LogP contribution in [0.25, 0.3) is 0 Å². The summed E-state index contributed by atoms with van der Waals surface area (Å²) in [4.78, 5) is 15.3. The highest BCUT2D eigenvalue weighted by atomic mass is 32.1. The number of ether oxygens (including phenoxy) is 1. The highest BCUT2D eigenvalue weighted by Crippen LogP contribution is 2.16. The minimum Gasteiger partial charge on any atom is -0.461 e. The van der Waals surface area contributed by atoms with E-state index in [0.29, 0.717) is 11.7 Å². The first kappa shape index (κ1) is 12.5. The Hall–Kier alpha value is -1.58. The monoisotopic (exact) mass is 240 g/mol. The molecule has 0 aromatic carbocycles. The van der Waals surface area contributed by atoms with Crippen LogP contribution in [0.15, 0.2) is 5.38 Å². The molecule has 86 valence electrons. The zero-order valence-electron chi connectivity index (χ0n) is 8.77. The molecule has 1 aromatic rings. The van der Waals surface area contributed by atoms with Crippen molar-refractivity contribution in [1.82, 2.24) is 4.98 Å². The number of hydrogen-bond acceptors (Lipinski definition) is 6. The molecule has 0 spiro atoms. The quantitative estimate of drug-likeness (QED) is 0.586. The second kappa shape index (κ2) is 6.10. The molecule has 0 aliphatic carbocycles. The molecule has 0 radical (unpaired) electrons. The fraction of sp³-hybridized carbons (Fsp3) is 0.400. The Bertz CT molecular complexity index is 397. The van der Waals surface area contributed by atoms with E-state index in [1.807, 2.05) is 0 Å². The Labute approximate surface area is 97.5 Å². The van der Waals surface area contributed by atoms with Crippen molar-refractivity contribution in [2.24, 2.45) is 0 Å². The summed E-state index contributed by atoms with van der Waals surface area (Å²) in [6, 6.07) is -0.499. The van der Waals surface area contributed by atoms with E-state index in [9.17, 15) is 4.79 Å². The summed E-state index contributed by atoms with van der Waals surface area (Å²) in [5.41, 5.74) is 0.239. The molecule has 1 atom stereocenters. The fourth-order valence-electron chi connectivity index (χ4n) is 0.928. The van der Waals surface area contributed by atoms with Crippen molar-refractivity contribution in [3.8, 4) is 12.3 Å². The van der Waals surface area contributed by atoms with Gasteiger partial charge >= 0.3 is 5.97 Å². The summed E-state index contributed by atoms with van der Waals surface area (Å²) in [7, 11) is 0. The number of nitrogens with zero attached hydrogens (tertiary/aromatic N) is 1. The molecule has 0 aliphatic heterocycles. The maximum Gasteiger partial charge on any atom is 0.357 e. The van der Waals surface area contributed by atoms with Gasteiger partial charge in [-0.05, 0) is 6.92 Å². The van der Waals surface area contributed by atoms with E-state index in [-0.39, 0.29) is 12.3 Å². The molecule has 2 N–H and O–H groups in total. The zero-order valence-corrected chi connectivity index (χ0v) is 9.58.